The van der Waals surface area contributed by atoms with Gasteiger partial charge in [0.2, 0.25) is 6.17 Å². The van der Waals surface area contributed by atoms with Crippen molar-refractivity contribution >= 4 is 15.9 Å². The lowest BCUT2D eigenvalue weighted by Gasteiger charge is -2.03. The van der Waals surface area contributed by atoms with Crippen LogP contribution >= 0.6 is 15.9 Å². The van der Waals surface area contributed by atoms with Crippen LogP contribution in [0, 0.1) is 0 Å². The van der Waals surface area contributed by atoms with Gasteiger partial charge in [0.15, 0.2) is 5.08 Å². The number of alkyl halides is 5. The van der Waals surface area contributed by atoms with Crippen molar-refractivity contribution in [3.05, 3.63) is 0 Å². The summed E-state index contributed by atoms with van der Waals surface area (Å²) < 4.78 is 45.0. The zero-order chi connectivity index (χ0) is 6.73. The Bertz CT molecular complexity index is 56.3. The molecule has 0 aliphatic heterocycles. The van der Waals surface area contributed by atoms with Crippen molar-refractivity contribution in [2.45, 2.75) is 17.7 Å². The molecule has 0 heterocycles. The van der Waals surface area contributed by atoms with Gasteiger partial charge in [0.1, 0.15) is 0 Å². The van der Waals surface area contributed by atoms with E-state index in [9.17, 15) is 17.6 Å². The second-order valence-electron chi connectivity index (χ2n) is 1.11. The van der Waals surface area contributed by atoms with E-state index in [0.717, 1.165) is 0 Å². The van der Waals surface area contributed by atoms with Crippen molar-refractivity contribution in [1.29, 1.82) is 0 Å². The van der Waals surface area contributed by atoms with Crippen LogP contribution in [0.5, 0.6) is 0 Å². The van der Waals surface area contributed by atoms with Crippen LogP contribution in [-0.4, -0.2) is 17.7 Å². The maximum absolute atomic E-state index is 11.5. The zero-order valence-electron chi connectivity index (χ0n) is 3.62. The third-order valence-electron chi connectivity index (χ3n) is 0.481. The van der Waals surface area contributed by atoms with Gasteiger partial charge in [0, 0.05) is 0 Å². The number of rotatable bonds is 2. The fourth-order valence-corrected chi connectivity index (χ4v) is 0.341. The highest BCUT2D eigenvalue weighted by Crippen LogP contribution is 2.17. The summed E-state index contributed by atoms with van der Waals surface area (Å²) in [7, 11) is 0. The van der Waals surface area contributed by atoms with Gasteiger partial charge in [0.25, 0.3) is 6.43 Å². The maximum Gasteiger partial charge on any atom is 0.273 e. The first-order valence-corrected chi connectivity index (χ1v) is 2.67. The molecule has 0 saturated heterocycles. The predicted octanol–water partition coefficient (Wildman–Crippen LogP) is 2.28. The molecule has 2 atom stereocenters. The Labute approximate surface area is 52.0 Å². The Morgan fingerprint density at radius 3 is 1.38 bits per heavy atom. The molecular formula is C3H3BrF4. The molecule has 50 valence electrons. The molecule has 0 aromatic rings. The first-order chi connectivity index (χ1) is 3.55. The average Bonchev–Trinajstić information content (AvgIpc) is 1.64. The molecule has 0 saturated carbocycles. The quantitative estimate of drug-likeness (QED) is 0.468. The van der Waals surface area contributed by atoms with Gasteiger partial charge < -0.3 is 0 Å². The summed E-state index contributed by atoms with van der Waals surface area (Å²) in [5, 5.41) is -2.26. The molecule has 0 fully saturated rings. The lowest BCUT2D eigenvalue weighted by atomic mass is 10.4. The highest BCUT2D eigenvalue weighted by atomic mass is 79.9. The van der Waals surface area contributed by atoms with E-state index < -0.39 is 17.7 Å². The molecule has 0 aliphatic rings. The molecule has 5 heteroatoms. The van der Waals surface area contributed by atoms with Crippen LogP contribution in [0.1, 0.15) is 0 Å². The van der Waals surface area contributed by atoms with Gasteiger partial charge in [-0.05, 0) is 15.9 Å². The molecule has 2 unspecified atom stereocenters. The minimum Gasteiger partial charge on any atom is -0.237 e. The van der Waals surface area contributed by atoms with Crippen LogP contribution in [0.2, 0.25) is 0 Å². The van der Waals surface area contributed by atoms with Crippen molar-refractivity contribution in [2.24, 2.45) is 0 Å². The largest absolute Gasteiger partial charge is 0.273 e. The molecule has 0 aromatic carbocycles. The number of halogens is 5. The van der Waals surface area contributed by atoms with Crippen LogP contribution in [0.25, 0.3) is 0 Å². The molecule has 0 N–H and O–H groups in total. The van der Waals surface area contributed by atoms with Crippen LogP contribution in [-0.2, 0) is 0 Å². The van der Waals surface area contributed by atoms with Gasteiger partial charge in [-0.2, -0.15) is 0 Å². The molecule has 8 heavy (non-hydrogen) atoms. The Balaban J connectivity index is 3.46. The molecule has 0 spiro atoms. The van der Waals surface area contributed by atoms with Gasteiger partial charge in [-0.3, -0.25) is 0 Å². The van der Waals surface area contributed by atoms with Crippen LogP contribution < -0.4 is 0 Å². The molecule has 0 amide bonds. The van der Waals surface area contributed by atoms with E-state index >= 15 is 0 Å². The van der Waals surface area contributed by atoms with E-state index in [4.69, 9.17) is 0 Å². The normalized spacial score (nSPS) is 18.8. The van der Waals surface area contributed by atoms with Gasteiger partial charge in [-0.25, -0.2) is 17.6 Å². The Hall–Kier alpha value is 0.200. The summed E-state index contributed by atoms with van der Waals surface area (Å²) in [4.78, 5) is 0. The first-order valence-electron chi connectivity index (χ1n) is 1.76. The van der Waals surface area contributed by atoms with E-state index in [1.54, 1.807) is 0 Å². The summed E-state index contributed by atoms with van der Waals surface area (Å²) >= 11 is 2.02. The van der Waals surface area contributed by atoms with E-state index in [1.165, 1.54) is 0 Å². The molecular weight excluding hydrogens is 192 g/mol. The molecule has 0 aliphatic carbocycles. The second-order valence-corrected chi connectivity index (χ2v) is 1.99. The van der Waals surface area contributed by atoms with Crippen molar-refractivity contribution in [3.63, 3.8) is 0 Å². The van der Waals surface area contributed by atoms with Crippen LogP contribution in [0.4, 0.5) is 17.6 Å². The lowest BCUT2D eigenvalue weighted by molar-refractivity contribution is 0.0292. The summed E-state index contributed by atoms with van der Waals surface area (Å²) in [5.41, 5.74) is 0. The summed E-state index contributed by atoms with van der Waals surface area (Å²) in [6.45, 7) is 0. The van der Waals surface area contributed by atoms with Gasteiger partial charge in [-0.15, -0.1) is 0 Å². The second kappa shape index (κ2) is 3.27. The number of hydrogen-bond donors (Lipinski definition) is 0. The first kappa shape index (κ1) is 8.20. The van der Waals surface area contributed by atoms with Crippen molar-refractivity contribution in [1.82, 2.24) is 0 Å². The molecule has 0 rings (SSSR count). The SMILES string of the molecule is FC(F)C(F)C(F)Br. The standard InChI is InChI=1S/C3H3BrF4/c4-2(6)1(5)3(7)8/h1-3H. The zero-order valence-corrected chi connectivity index (χ0v) is 5.21. The fourth-order valence-electron chi connectivity index (χ4n) is 0.110. The predicted molar refractivity (Wildman–Crippen MR) is 24.7 cm³/mol. The molecule has 0 nitrogen and oxygen atoms in total. The topological polar surface area (TPSA) is 0 Å². The fraction of sp³-hybridized carbons (Fsp3) is 1.00. The van der Waals surface area contributed by atoms with Crippen molar-refractivity contribution in [3.8, 4) is 0 Å². The molecule has 0 radical (unpaired) electrons. The van der Waals surface area contributed by atoms with Gasteiger partial charge in [0.05, 0.1) is 0 Å². The van der Waals surface area contributed by atoms with Gasteiger partial charge >= 0.3 is 0 Å². The molecule has 0 bridgehead atoms. The van der Waals surface area contributed by atoms with E-state index in [2.05, 4.69) is 0 Å². The third kappa shape index (κ3) is 2.49. The summed E-state index contributed by atoms with van der Waals surface area (Å²) in [6.07, 6.45) is -5.96. The van der Waals surface area contributed by atoms with E-state index in [-0.39, 0.29) is 0 Å². The van der Waals surface area contributed by atoms with E-state index in [0.29, 0.717) is 0 Å². The molecule has 0 aromatic heterocycles. The van der Waals surface area contributed by atoms with Crippen molar-refractivity contribution in [2.75, 3.05) is 0 Å². The van der Waals surface area contributed by atoms with Gasteiger partial charge in [-0.1, -0.05) is 0 Å². The summed E-state index contributed by atoms with van der Waals surface area (Å²) in [6, 6.07) is 0. The maximum atomic E-state index is 11.5. The lowest BCUT2D eigenvalue weighted by Crippen LogP contribution is -2.19. The van der Waals surface area contributed by atoms with E-state index in [1.807, 2.05) is 15.9 Å². The van der Waals surface area contributed by atoms with Crippen molar-refractivity contribution < 1.29 is 17.6 Å². The smallest absolute Gasteiger partial charge is 0.237 e. The third-order valence-corrected chi connectivity index (χ3v) is 0.986. The monoisotopic (exact) mass is 194 g/mol. The average molecular weight is 195 g/mol. The highest BCUT2D eigenvalue weighted by Gasteiger charge is 2.26. The summed E-state index contributed by atoms with van der Waals surface area (Å²) in [5.74, 6) is 0. The Kier molecular flexibility index (Phi) is 3.35. The Morgan fingerprint density at radius 2 is 1.38 bits per heavy atom. The Morgan fingerprint density at radius 1 is 1.00 bits per heavy atom. The highest BCUT2D eigenvalue weighted by molar-refractivity contribution is 9.09. The van der Waals surface area contributed by atoms with Crippen LogP contribution in [0.15, 0.2) is 0 Å². The minimum atomic E-state index is -3.25. The van der Waals surface area contributed by atoms with Crippen LogP contribution in [0.3, 0.4) is 0 Å². The number of hydrogen-bond acceptors (Lipinski definition) is 0. The minimum absolute atomic E-state index is 2.02.